The zero-order valence-electron chi connectivity index (χ0n) is 10.9. The van der Waals surface area contributed by atoms with E-state index in [4.69, 9.17) is 10.2 Å². The van der Waals surface area contributed by atoms with Crippen molar-refractivity contribution in [3.05, 3.63) is 34.3 Å². The van der Waals surface area contributed by atoms with Crippen LogP contribution in [-0.2, 0) is 16.1 Å². The van der Waals surface area contributed by atoms with Gasteiger partial charge in [-0.2, -0.15) is 0 Å². The third kappa shape index (κ3) is 2.71. The van der Waals surface area contributed by atoms with E-state index in [-0.39, 0.29) is 6.42 Å². The summed E-state index contributed by atoms with van der Waals surface area (Å²) in [6.07, 6.45) is 0.641. The fourth-order valence-corrected chi connectivity index (χ4v) is 1.93. The molecule has 2 aromatic rings. The SMILES string of the molecule is COC(=O)c1ccc2c(c1)oc(=O)n2CCCC(N)=O. The molecule has 0 aliphatic carbocycles. The number of nitrogens with zero attached hydrogens (tertiary/aromatic N) is 1. The van der Waals surface area contributed by atoms with Gasteiger partial charge in [0.15, 0.2) is 5.58 Å². The first-order valence-corrected chi connectivity index (χ1v) is 6.03. The van der Waals surface area contributed by atoms with E-state index < -0.39 is 17.6 Å². The number of carbonyl (C=O) groups excluding carboxylic acids is 2. The van der Waals surface area contributed by atoms with Gasteiger partial charge >= 0.3 is 11.7 Å². The van der Waals surface area contributed by atoms with Gasteiger partial charge in [-0.1, -0.05) is 0 Å². The first-order chi connectivity index (χ1) is 9.52. The summed E-state index contributed by atoms with van der Waals surface area (Å²) in [5, 5.41) is 0. The molecule has 1 aromatic heterocycles. The van der Waals surface area contributed by atoms with Crippen molar-refractivity contribution in [1.82, 2.24) is 4.57 Å². The van der Waals surface area contributed by atoms with Crippen molar-refractivity contribution >= 4 is 23.0 Å². The Kier molecular flexibility index (Phi) is 3.88. The van der Waals surface area contributed by atoms with Gasteiger partial charge < -0.3 is 14.9 Å². The first-order valence-electron chi connectivity index (χ1n) is 6.03. The molecule has 20 heavy (non-hydrogen) atoms. The lowest BCUT2D eigenvalue weighted by molar-refractivity contribution is -0.118. The van der Waals surface area contributed by atoms with Crippen LogP contribution in [0.4, 0.5) is 0 Å². The molecule has 0 saturated carbocycles. The fraction of sp³-hybridized carbons (Fsp3) is 0.308. The summed E-state index contributed by atoms with van der Waals surface area (Å²) in [6, 6.07) is 4.61. The molecule has 7 heteroatoms. The van der Waals surface area contributed by atoms with E-state index in [9.17, 15) is 14.4 Å². The molecule has 0 aliphatic heterocycles. The summed E-state index contributed by atoms with van der Waals surface area (Å²) in [5.74, 6) is -1.46. The number of ether oxygens (including phenoxy) is 1. The van der Waals surface area contributed by atoms with E-state index in [2.05, 4.69) is 4.74 Å². The molecule has 1 aromatic carbocycles. The van der Waals surface area contributed by atoms with Crippen LogP contribution in [0.2, 0.25) is 0 Å². The number of amides is 1. The molecule has 0 unspecified atom stereocenters. The monoisotopic (exact) mass is 278 g/mol. The lowest BCUT2D eigenvalue weighted by atomic mass is 10.2. The lowest BCUT2D eigenvalue weighted by Gasteiger charge is -2.01. The Morgan fingerprint density at radius 2 is 2.15 bits per heavy atom. The third-order valence-corrected chi connectivity index (χ3v) is 2.89. The summed E-state index contributed by atoms with van der Waals surface area (Å²) in [7, 11) is 1.28. The normalized spacial score (nSPS) is 10.7. The second kappa shape index (κ2) is 5.60. The second-order valence-corrected chi connectivity index (χ2v) is 4.26. The molecule has 1 amide bonds. The lowest BCUT2D eigenvalue weighted by Crippen LogP contribution is -2.16. The van der Waals surface area contributed by atoms with Crippen LogP contribution < -0.4 is 11.5 Å². The molecule has 0 bridgehead atoms. The molecular formula is C13H14N2O5. The van der Waals surface area contributed by atoms with Crippen molar-refractivity contribution in [2.24, 2.45) is 5.73 Å². The number of aromatic nitrogens is 1. The Morgan fingerprint density at radius 1 is 1.40 bits per heavy atom. The van der Waals surface area contributed by atoms with Gasteiger partial charge in [0, 0.05) is 13.0 Å². The van der Waals surface area contributed by atoms with Gasteiger partial charge in [-0.05, 0) is 24.6 Å². The van der Waals surface area contributed by atoms with Crippen LogP contribution in [0, 0.1) is 0 Å². The molecule has 2 N–H and O–H groups in total. The van der Waals surface area contributed by atoms with Crippen LogP contribution >= 0.6 is 0 Å². The minimum Gasteiger partial charge on any atom is -0.465 e. The van der Waals surface area contributed by atoms with Gasteiger partial charge in [-0.25, -0.2) is 9.59 Å². The van der Waals surface area contributed by atoms with E-state index in [1.807, 2.05) is 0 Å². The predicted molar refractivity (Wildman–Crippen MR) is 70.2 cm³/mol. The molecule has 0 radical (unpaired) electrons. The topological polar surface area (TPSA) is 105 Å². The highest BCUT2D eigenvalue weighted by atomic mass is 16.5. The largest absolute Gasteiger partial charge is 0.465 e. The molecule has 0 spiro atoms. The van der Waals surface area contributed by atoms with E-state index in [0.29, 0.717) is 29.6 Å². The Balaban J connectivity index is 2.32. The number of primary amides is 1. The van der Waals surface area contributed by atoms with Crippen molar-refractivity contribution in [3.63, 3.8) is 0 Å². The van der Waals surface area contributed by atoms with E-state index in [1.165, 1.54) is 17.7 Å². The maximum absolute atomic E-state index is 11.7. The third-order valence-electron chi connectivity index (χ3n) is 2.89. The number of hydrogen-bond donors (Lipinski definition) is 1. The van der Waals surface area contributed by atoms with Crippen molar-refractivity contribution in [2.45, 2.75) is 19.4 Å². The van der Waals surface area contributed by atoms with Gasteiger partial charge in [0.2, 0.25) is 5.91 Å². The molecule has 106 valence electrons. The van der Waals surface area contributed by atoms with E-state index >= 15 is 0 Å². The number of rotatable bonds is 5. The van der Waals surface area contributed by atoms with Gasteiger partial charge in [0.1, 0.15) is 0 Å². The number of aryl methyl sites for hydroxylation is 1. The molecule has 0 atom stereocenters. The summed E-state index contributed by atoms with van der Waals surface area (Å²) in [6.45, 7) is 0.326. The van der Waals surface area contributed by atoms with Crippen LogP contribution in [0.1, 0.15) is 23.2 Å². The number of methoxy groups -OCH3 is 1. The highest BCUT2D eigenvalue weighted by molar-refractivity contribution is 5.93. The summed E-state index contributed by atoms with van der Waals surface area (Å²) >= 11 is 0. The molecular weight excluding hydrogens is 264 g/mol. The minimum atomic E-state index is -0.536. The summed E-state index contributed by atoms with van der Waals surface area (Å²) in [5.41, 5.74) is 6.22. The fourth-order valence-electron chi connectivity index (χ4n) is 1.93. The average Bonchev–Trinajstić information content (AvgIpc) is 2.73. The maximum atomic E-state index is 11.7. The summed E-state index contributed by atoms with van der Waals surface area (Å²) < 4.78 is 11.1. The quantitative estimate of drug-likeness (QED) is 0.808. The standard InChI is InChI=1S/C13H14N2O5/c1-19-12(17)8-4-5-9-10(7-8)20-13(18)15(9)6-2-3-11(14)16/h4-5,7H,2-3,6H2,1H3,(H2,14,16). The molecule has 7 nitrogen and oxygen atoms in total. The Bertz CT molecular complexity index is 713. The summed E-state index contributed by atoms with van der Waals surface area (Å²) in [4.78, 5) is 33.8. The Labute approximate surface area is 113 Å². The van der Waals surface area contributed by atoms with Crippen molar-refractivity contribution < 1.29 is 18.7 Å². The maximum Gasteiger partial charge on any atom is 0.419 e. The number of benzene rings is 1. The molecule has 2 rings (SSSR count). The van der Waals surface area contributed by atoms with Crippen LogP contribution in [0.3, 0.4) is 0 Å². The van der Waals surface area contributed by atoms with Crippen LogP contribution in [0.5, 0.6) is 0 Å². The van der Waals surface area contributed by atoms with E-state index in [0.717, 1.165) is 0 Å². The number of oxazole rings is 1. The van der Waals surface area contributed by atoms with Crippen LogP contribution in [-0.4, -0.2) is 23.6 Å². The van der Waals surface area contributed by atoms with E-state index in [1.54, 1.807) is 12.1 Å². The highest BCUT2D eigenvalue weighted by Gasteiger charge is 2.13. The average molecular weight is 278 g/mol. The Hall–Kier alpha value is -2.57. The number of hydrogen-bond acceptors (Lipinski definition) is 5. The second-order valence-electron chi connectivity index (χ2n) is 4.26. The molecule has 0 saturated heterocycles. The zero-order chi connectivity index (χ0) is 14.7. The first kappa shape index (κ1) is 13.9. The number of fused-ring (bicyclic) bond motifs is 1. The Morgan fingerprint density at radius 3 is 2.80 bits per heavy atom. The predicted octanol–water partition coefficient (Wildman–Crippen LogP) is 0.647. The molecule has 1 heterocycles. The number of nitrogens with two attached hydrogens (primary N) is 1. The molecule has 0 fully saturated rings. The van der Waals surface area contributed by atoms with Gasteiger partial charge in [-0.3, -0.25) is 9.36 Å². The van der Waals surface area contributed by atoms with Gasteiger partial charge in [-0.15, -0.1) is 0 Å². The van der Waals surface area contributed by atoms with Gasteiger partial charge in [0.05, 0.1) is 18.2 Å². The van der Waals surface area contributed by atoms with Crippen molar-refractivity contribution in [1.29, 1.82) is 0 Å². The molecule has 0 aliphatic rings. The minimum absolute atomic E-state index is 0.194. The van der Waals surface area contributed by atoms with Crippen LogP contribution in [0.25, 0.3) is 11.1 Å². The highest BCUT2D eigenvalue weighted by Crippen LogP contribution is 2.16. The zero-order valence-corrected chi connectivity index (χ0v) is 10.9. The van der Waals surface area contributed by atoms with Crippen molar-refractivity contribution in [2.75, 3.05) is 7.11 Å². The van der Waals surface area contributed by atoms with Crippen LogP contribution in [0.15, 0.2) is 27.4 Å². The van der Waals surface area contributed by atoms with Crippen molar-refractivity contribution in [3.8, 4) is 0 Å². The number of esters is 1. The van der Waals surface area contributed by atoms with Gasteiger partial charge in [0.25, 0.3) is 0 Å². The smallest absolute Gasteiger partial charge is 0.419 e. The number of carbonyl (C=O) groups is 2.